The molecule has 104 valence electrons. The van der Waals surface area contributed by atoms with Crippen LogP contribution in [0.1, 0.15) is 57.1 Å². The van der Waals surface area contributed by atoms with E-state index in [1.165, 1.54) is 44.2 Å². The highest BCUT2D eigenvalue weighted by Crippen LogP contribution is 2.50. The van der Waals surface area contributed by atoms with E-state index in [9.17, 15) is 0 Å². The Morgan fingerprint density at radius 1 is 1.11 bits per heavy atom. The van der Waals surface area contributed by atoms with Crippen LogP contribution in [0, 0.1) is 17.8 Å². The quantitative estimate of drug-likeness (QED) is 0.682. The van der Waals surface area contributed by atoms with Crippen molar-refractivity contribution in [3.63, 3.8) is 0 Å². The number of alkyl halides is 1. The molecule has 0 radical (unpaired) electrons. The molecule has 19 heavy (non-hydrogen) atoms. The van der Waals surface area contributed by atoms with Gasteiger partial charge >= 0.3 is 0 Å². The molecule has 2 heteroatoms. The summed E-state index contributed by atoms with van der Waals surface area (Å²) in [4.78, 5) is 5.15. The molecule has 3 rings (SSSR count). The van der Waals surface area contributed by atoms with E-state index in [0.29, 0.717) is 10.7 Å². The normalized spacial score (nSPS) is 23.7. The number of hydrogen-bond acceptors (Lipinski definition) is 1. The lowest BCUT2D eigenvalue weighted by Crippen LogP contribution is -2.39. The molecule has 1 aromatic heterocycles. The summed E-state index contributed by atoms with van der Waals surface area (Å²) in [6, 6.07) is 6.30. The number of nitrogens with zero attached hydrogens (tertiary/aromatic N) is 1. The fraction of sp³-hybridized carbons (Fsp3) is 0.706. The first kappa shape index (κ1) is 13.6. The zero-order chi connectivity index (χ0) is 13.2. The maximum atomic E-state index is 4.56. The third kappa shape index (κ3) is 2.74. The van der Waals surface area contributed by atoms with Crippen molar-refractivity contribution in [2.45, 2.75) is 56.2 Å². The molecule has 0 aliphatic heterocycles. The largest absolute Gasteiger partial charge is 0.261 e. The molecule has 0 saturated heterocycles. The highest BCUT2D eigenvalue weighted by molar-refractivity contribution is 9.09. The van der Waals surface area contributed by atoms with E-state index in [0.717, 1.165) is 17.8 Å². The van der Waals surface area contributed by atoms with Gasteiger partial charge in [-0.25, -0.2) is 0 Å². The first-order valence-corrected chi connectivity index (χ1v) is 8.74. The van der Waals surface area contributed by atoms with Crippen LogP contribution in [0.15, 0.2) is 24.4 Å². The van der Waals surface area contributed by atoms with Crippen molar-refractivity contribution in [3.8, 4) is 0 Å². The molecule has 0 amide bonds. The van der Waals surface area contributed by atoms with Gasteiger partial charge < -0.3 is 0 Å². The predicted octanol–water partition coefficient (Wildman–Crippen LogP) is 5.17. The van der Waals surface area contributed by atoms with E-state index in [4.69, 9.17) is 0 Å². The van der Waals surface area contributed by atoms with Crippen LogP contribution in [0.25, 0.3) is 0 Å². The minimum Gasteiger partial charge on any atom is -0.261 e. The molecule has 2 saturated carbocycles. The van der Waals surface area contributed by atoms with E-state index >= 15 is 0 Å². The number of aromatic nitrogens is 1. The van der Waals surface area contributed by atoms with Crippen LogP contribution in [0.5, 0.6) is 0 Å². The van der Waals surface area contributed by atoms with Gasteiger partial charge in [0.2, 0.25) is 0 Å². The summed E-state index contributed by atoms with van der Waals surface area (Å²) in [6.07, 6.45) is 10.7. The van der Waals surface area contributed by atoms with Crippen molar-refractivity contribution < 1.29 is 0 Å². The Kier molecular flexibility index (Phi) is 4.26. The second kappa shape index (κ2) is 5.95. The minimum absolute atomic E-state index is 0.521. The highest BCUT2D eigenvalue weighted by atomic mass is 79.9. The van der Waals surface area contributed by atoms with Crippen LogP contribution >= 0.6 is 15.9 Å². The summed E-state index contributed by atoms with van der Waals surface area (Å²) in [6.45, 7) is 2.34. The van der Waals surface area contributed by atoms with Gasteiger partial charge in [-0.3, -0.25) is 4.98 Å². The first-order chi connectivity index (χ1) is 9.27. The third-order valence-corrected chi connectivity index (χ3v) is 6.79. The van der Waals surface area contributed by atoms with Crippen LogP contribution in [0.4, 0.5) is 0 Å². The zero-order valence-electron chi connectivity index (χ0n) is 11.8. The number of halogens is 1. The monoisotopic (exact) mass is 321 g/mol. The molecule has 0 aromatic carbocycles. The van der Waals surface area contributed by atoms with Crippen LogP contribution < -0.4 is 0 Å². The van der Waals surface area contributed by atoms with E-state index in [2.05, 4.69) is 40.0 Å². The fourth-order valence-corrected chi connectivity index (χ4v) is 4.83. The van der Waals surface area contributed by atoms with Gasteiger partial charge in [0, 0.05) is 22.6 Å². The molecule has 2 aliphatic rings. The Bertz CT molecular complexity index is 383. The molecule has 1 heterocycles. The second-order valence-corrected chi connectivity index (χ2v) is 7.50. The lowest BCUT2D eigenvalue weighted by Gasteiger charge is -2.46. The Morgan fingerprint density at radius 3 is 2.16 bits per heavy atom. The molecule has 2 aliphatic carbocycles. The molecular weight excluding hydrogens is 298 g/mol. The van der Waals surface area contributed by atoms with Gasteiger partial charge in [-0.15, -0.1) is 0 Å². The summed E-state index contributed by atoms with van der Waals surface area (Å²) >= 11 is 4.06. The average molecular weight is 322 g/mol. The number of hydrogen-bond donors (Lipinski definition) is 0. The number of pyridine rings is 1. The molecule has 2 fully saturated rings. The Morgan fingerprint density at radius 2 is 1.74 bits per heavy atom. The van der Waals surface area contributed by atoms with Crippen LogP contribution in [0.3, 0.4) is 0 Å². The van der Waals surface area contributed by atoms with E-state index in [1.54, 1.807) is 0 Å². The smallest absolute Gasteiger partial charge is 0.0443 e. The Balaban J connectivity index is 1.73. The van der Waals surface area contributed by atoms with Gasteiger partial charge in [0.25, 0.3) is 0 Å². The lowest BCUT2D eigenvalue weighted by atomic mass is 9.62. The molecule has 1 nitrogen and oxygen atoms in total. The van der Waals surface area contributed by atoms with E-state index < -0.39 is 0 Å². The molecular formula is C17H24BrN. The van der Waals surface area contributed by atoms with Crippen molar-refractivity contribution in [2.24, 2.45) is 17.8 Å². The Labute approximate surface area is 125 Å². The molecule has 0 bridgehead atoms. The van der Waals surface area contributed by atoms with Crippen molar-refractivity contribution >= 4 is 15.9 Å². The molecule has 2 unspecified atom stereocenters. The topological polar surface area (TPSA) is 12.9 Å². The third-order valence-electron chi connectivity index (χ3n) is 5.39. The van der Waals surface area contributed by atoms with Crippen molar-refractivity contribution in [1.29, 1.82) is 0 Å². The summed E-state index contributed by atoms with van der Waals surface area (Å²) in [5.74, 6) is 3.34. The van der Waals surface area contributed by atoms with Crippen LogP contribution in [-0.2, 0) is 0 Å². The van der Waals surface area contributed by atoms with Gasteiger partial charge in [0.15, 0.2) is 0 Å². The zero-order valence-corrected chi connectivity index (χ0v) is 13.3. The van der Waals surface area contributed by atoms with Gasteiger partial charge in [-0.05, 0) is 29.9 Å². The van der Waals surface area contributed by atoms with Gasteiger partial charge in [-0.2, -0.15) is 0 Å². The van der Waals surface area contributed by atoms with Crippen LogP contribution in [0.2, 0.25) is 0 Å². The van der Waals surface area contributed by atoms with Gasteiger partial charge in [0.05, 0.1) is 0 Å². The first-order valence-electron chi connectivity index (χ1n) is 7.82. The number of rotatable bonds is 5. The fourth-order valence-electron chi connectivity index (χ4n) is 3.70. The minimum atomic E-state index is 0.521. The van der Waals surface area contributed by atoms with Crippen molar-refractivity contribution in [3.05, 3.63) is 30.1 Å². The van der Waals surface area contributed by atoms with E-state index in [-0.39, 0.29) is 0 Å². The standard InChI is InChI=1S/C17H24BrN/c1-12(15-10-2-3-11-19-15)17(18)16(13-6-4-7-13)14-8-5-9-14/h2-3,10-14,16-17H,4-9H2,1H3. The summed E-state index contributed by atoms with van der Waals surface area (Å²) in [7, 11) is 0. The predicted molar refractivity (Wildman–Crippen MR) is 83.5 cm³/mol. The molecule has 2 atom stereocenters. The maximum Gasteiger partial charge on any atom is 0.0443 e. The molecule has 1 aromatic rings. The maximum absolute atomic E-state index is 4.56. The lowest BCUT2D eigenvalue weighted by molar-refractivity contribution is 0.0871. The highest BCUT2D eigenvalue weighted by Gasteiger charge is 2.41. The summed E-state index contributed by atoms with van der Waals surface area (Å²) in [5, 5.41) is 0. The van der Waals surface area contributed by atoms with Crippen molar-refractivity contribution in [2.75, 3.05) is 0 Å². The Hall–Kier alpha value is -0.370. The van der Waals surface area contributed by atoms with Gasteiger partial charge in [-0.1, -0.05) is 67.4 Å². The second-order valence-electron chi connectivity index (χ2n) is 6.45. The van der Waals surface area contributed by atoms with E-state index in [1.807, 2.05) is 12.3 Å². The van der Waals surface area contributed by atoms with Crippen LogP contribution in [-0.4, -0.2) is 9.81 Å². The van der Waals surface area contributed by atoms with Gasteiger partial charge in [0.1, 0.15) is 0 Å². The van der Waals surface area contributed by atoms with Crippen molar-refractivity contribution in [1.82, 2.24) is 4.98 Å². The average Bonchev–Trinajstić information content (AvgIpc) is 2.33. The SMILES string of the molecule is CC(c1ccccn1)C(Br)C(C1CCC1)C1CCC1. The molecule has 0 N–H and O–H groups in total. The molecule has 0 spiro atoms. The summed E-state index contributed by atoms with van der Waals surface area (Å²) < 4.78 is 0. The summed E-state index contributed by atoms with van der Waals surface area (Å²) in [5.41, 5.74) is 1.24.